The Morgan fingerprint density at radius 2 is 1.78 bits per heavy atom. The van der Waals surface area contributed by atoms with Gasteiger partial charge in [-0.15, -0.1) is 11.3 Å². The Morgan fingerprint density at radius 3 is 2.30 bits per heavy atom. The summed E-state index contributed by atoms with van der Waals surface area (Å²) in [4.78, 5) is 47.3. The Balaban J connectivity index is 2.55. The summed E-state index contributed by atoms with van der Waals surface area (Å²) < 4.78 is 10.4. The fourth-order valence-corrected chi connectivity index (χ4v) is 3.63. The van der Waals surface area contributed by atoms with Crippen molar-refractivity contribution < 1.29 is 28.8 Å². The number of nitro groups is 1. The highest BCUT2D eigenvalue weighted by Gasteiger charge is 2.32. The number of hydrogen-bond donors (Lipinski definition) is 1. The van der Waals surface area contributed by atoms with Gasteiger partial charge in [-0.05, 0) is 19.4 Å². The molecule has 11 nitrogen and oxygen atoms in total. The fourth-order valence-electron chi connectivity index (χ4n) is 2.52. The third kappa shape index (κ3) is 3.51. The molecule has 2 rings (SSSR count). The molecule has 0 saturated heterocycles. The van der Waals surface area contributed by atoms with Crippen LogP contribution in [0.15, 0.2) is 0 Å². The van der Waals surface area contributed by atoms with Crippen molar-refractivity contribution in [2.75, 3.05) is 19.5 Å². The number of ether oxygens (including phenoxy) is 2. The second-order valence-corrected chi connectivity index (χ2v) is 6.38. The third-order valence-electron chi connectivity index (χ3n) is 3.72. The molecular formula is C15H16N4O7S. The summed E-state index contributed by atoms with van der Waals surface area (Å²) >= 11 is 0.806. The van der Waals surface area contributed by atoms with Gasteiger partial charge in [0.05, 0.1) is 24.7 Å². The summed E-state index contributed by atoms with van der Waals surface area (Å²) in [5, 5.41) is 17.6. The van der Waals surface area contributed by atoms with Crippen LogP contribution in [0.2, 0.25) is 0 Å². The highest BCUT2D eigenvalue weighted by Crippen LogP contribution is 2.35. The molecule has 0 aliphatic heterocycles. The zero-order valence-corrected chi connectivity index (χ0v) is 15.9. The lowest BCUT2D eigenvalue weighted by atomic mass is 10.1. The number of rotatable bonds is 5. The van der Waals surface area contributed by atoms with Crippen LogP contribution in [-0.2, 0) is 16.5 Å². The SMILES string of the molecule is COC(=O)c1sc(NC(=O)c2c([N+](=O)[O-])c(C)nn2C)c(C(=O)OC)c1C. The minimum absolute atomic E-state index is 0.0119. The molecule has 0 bridgehead atoms. The molecule has 1 amide bonds. The number of nitrogens with zero attached hydrogens (tertiary/aromatic N) is 3. The van der Waals surface area contributed by atoms with Gasteiger partial charge in [0, 0.05) is 7.05 Å². The summed E-state index contributed by atoms with van der Waals surface area (Å²) in [5.74, 6) is -2.32. The van der Waals surface area contributed by atoms with Crippen LogP contribution < -0.4 is 5.32 Å². The molecule has 0 aromatic carbocycles. The maximum atomic E-state index is 12.7. The first kappa shape index (κ1) is 20.0. The van der Waals surface area contributed by atoms with E-state index >= 15 is 0 Å². The number of aryl methyl sites for hydroxylation is 2. The monoisotopic (exact) mass is 396 g/mol. The van der Waals surface area contributed by atoms with Crippen LogP contribution in [0.5, 0.6) is 0 Å². The average Bonchev–Trinajstić information content (AvgIpc) is 3.09. The van der Waals surface area contributed by atoms with Crippen LogP contribution >= 0.6 is 11.3 Å². The second kappa shape index (κ2) is 7.53. The van der Waals surface area contributed by atoms with E-state index in [-0.39, 0.29) is 32.4 Å². The maximum Gasteiger partial charge on any atom is 0.348 e. The fraction of sp³-hybridized carbons (Fsp3) is 0.333. The maximum absolute atomic E-state index is 12.7. The molecule has 2 aromatic heterocycles. The largest absolute Gasteiger partial charge is 0.465 e. The number of carbonyl (C=O) groups is 3. The number of hydrogen-bond acceptors (Lipinski definition) is 9. The lowest BCUT2D eigenvalue weighted by Crippen LogP contribution is -2.18. The van der Waals surface area contributed by atoms with Gasteiger partial charge in [-0.2, -0.15) is 5.10 Å². The van der Waals surface area contributed by atoms with Gasteiger partial charge in [0.1, 0.15) is 15.6 Å². The van der Waals surface area contributed by atoms with Crippen molar-refractivity contribution in [2.45, 2.75) is 13.8 Å². The van der Waals surface area contributed by atoms with E-state index in [4.69, 9.17) is 4.74 Å². The van der Waals surface area contributed by atoms with Crippen molar-refractivity contribution in [2.24, 2.45) is 7.05 Å². The topological polar surface area (TPSA) is 143 Å². The van der Waals surface area contributed by atoms with Crippen LogP contribution in [-0.4, -0.2) is 46.8 Å². The van der Waals surface area contributed by atoms with Gasteiger partial charge in [0.25, 0.3) is 5.91 Å². The van der Waals surface area contributed by atoms with E-state index in [9.17, 15) is 24.5 Å². The molecule has 2 aromatic rings. The minimum Gasteiger partial charge on any atom is -0.465 e. The lowest BCUT2D eigenvalue weighted by molar-refractivity contribution is -0.385. The van der Waals surface area contributed by atoms with E-state index in [1.807, 2.05) is 0 Å². The first-order valence-corrected chi connectivity index (χ1v) is 8.25. The highest BCUT2D eigenvalue weighted by atomic mass is 32.1. The predicted molar refractivity (Wildman–Crippen MR) is 94.3 cm³/mol. The molecule has 144 valence electrons. The van der Waals surface area contributed by atoms with Crippen LogP contribution in [0.25, 0.3) is 0 Å². The quantitative estimate of drug-likeness (QED) is 0.458. The van der Waals surface area contributed by atoms with Crippen LogP contribution in [0.3, 0.4) is 0 Å². The molecule has 12 heteroatoms. The van der Waals surface area contributed by atoms with E-state index in [1.54, 1.807) is 0 Å². The average molecular weight is 396 g/mol. The molecule has 1 N–H and O–H groups in total. The number of methoxy groups -OCH3 is 2. The molecule has 27 heavy (non-hydrogen) atoms. The first-order valence-electron chi connectivity index (χ1n) is 7.43. The smallest absolute Gasteiger partial charge is 0.348 e. The molecule has 0 atom stereocenters. The van der Waals surface area contributed by atoms with Gasteiger partial charge in [0.2, 0.25) is 5.69 Å². The zero-order valence-electron chi connectivity index (χ0n) is 15.1. The summed E-state index contributed by atoms with van der Waals surface area (Å²) in [7, 11) is 3.72. The lowest BCUT2D eigenvalue weighted by Gasteiger charge is -2.06. The number of esters is 2. The second-order valence-electron chi connectivity index (χ2n) is 5.36. The highest BCUT2D eigenvalue weighted by molar-refractivity contribution is 7.18. The molecule has 0 spiro atoms. The number of thiophene rings is 1. The van der Waals surface area contributed by atoms with Gasteiger partial charge < -0.3 is 14.8 Å². The minimum atomic E-state index is -0.854. The Hall–Kier alpha value is -3.28. The molecule has 0 saturated carbocycles. The van der Waals surface area contributed by atoms with Gasteiger partial charge in [-0.25, -0.2) is 9.59 Å². The number of carbonyl (C=O) groups excluding carboxylic acids is 3. The van der Waals surface area contributed by atoms with Gasteiger partial charge >= 0.3 is 17.6 Å². The molecule has 0 unspecified atom stereocenters. The van der Waals surface area contributed by atoms with Crippen molar-refractivity contribution in [1.82, 2.24) is 9.78 Å². The van der Waals surface area contributed by atoms with Crippen molar-refractivity contribution >= 4 is 39.9 Å². The Kier molecular flexibility index (Phi) is 5.59. The van der Waals surface area contributed by atoms with Crippen molar-refractivity contribution in [3.63, 3.8) is 0 Å². The van der Waals surface area contributed by atoms with Crippen molar-refractivity contribution in [3.05, 3.63) is 37.5 Å². The first-order chi connectivity index (χ1) is 12.6. The summed E-state index contributed by atoms with van der Waals surface area (Å²) in [6, 6.07) is 0. The van der Waals surface area contributed by atoms with Crippen molar-refractivity contribution in [1.29, 1.82) is 0 Å². The summed E-state index contributed by atoms with van der Waals surface area (Å²) in [6.45, 7) is 2.90. The standard InChI is InChI=1S/C15H16N4O7S/c1-6-8(14(21)25-4)13(27-11(6)15(22)26-5)16-12(20)10-9(19(23)24)7(2)17-18(10)3/h1-5H3,(H,16,20). The molecule has 0 aliphatic carbocycles. The van der Waals surface area contributed by atoms with Crippen LogP contribution in [0.1, 0.15) is 41.8 Å². The van der Waals surface area contributed by atoms with Crippen LogP contribution in [0, 0.1) is 24.0 Å². The molecule has 0 fully saturated rings. The number of anilines is 1. The number of nitrogens with one attached hydrogen (secondary N) is 1. The van der Waals surface area contributed by atoms with E-state index in [2.05, 4.69) is 15.2 Å². The molecule has 0 radical (unpaired) electrons. The number of aromatic nitrogens is 2. The predicted octanol–water partition coefficient (Wildman–Crippen LogP) is 1.83. The van der Waals surface area contributed by atoms with Gasteiger partial charge in [0.15, 0.2) is 0 Å². The van der Waals surface area contributed by atoms with E-state index in [0.29, 0.717) is 0 Å². The zero-order chi connectivity index (χ0) is 20.5. The van der Waals surface area contributed by atoms with Gasteiger partial charge in [-0.3, -0.25) is 19.6 Å². The van der Waals surface area contributed by atoms with Crippen LogP contribution in [0.4, 0.5) is 10.7 Å². The Labute approximate surface area is 157 Å². The number of amides is 1. The summed E-state index contributed by atoms with van der Waals surface area (Å²) in [6.07, 6.45) is 0. The van der Waals surface area contributed by atoms with Gasteiger partial charge in [-0.1, -0.05) is 0 Å². The molecular weight excluding hydrogens is 380 g/mol. The molecule has 2 heterocycles. The normalized spacial score (nSPS) is 10.4. The van der Waals surface area contributed by atoms with E-state index < -0.39 is 28.5 Å². The molecule has 0 aliphatic rings. The van der Waals surface area contributed by atoms with E-state index in [0.717, 1.165) is 23.1 Å². The Morgan fingerprint density at radius 1 is 1.19 bits per heavy atom. The Bertz CT molecular complexity index is 960. The third-order valence-corrected chi connectivity index (χ3v) is 4.91. The van der Waals surface area contributed by atoms with E-state index in [1.165, 1.54) is 28.0 Å². The summed E-state index contributed by atoms with van der Waals surface area (Å²) in [5.41, 5.74) is -0.434. The van der Waals surface area contributed by atoms with Crippen molar-refractivity contribution in [3.8, 4) is 0 Å².